The van der Waals surface area contributed by atoms with Gasteiger partial charge < -0.3 is 10.2 Å². The van der Waals surface area contributed by atoms with Crippen molar-refractivity contribution in [1.82, 2.24) is 4.90 Å². The average Bonchev–Trinajstić information content (AvgIpc) is 2.76. The molecule has 1 fully saturated rings. The topological polar surface area (TPSA) is 42.4 Å². The second-order valence-corrected chi connectivity index (χ2v) is 4.01. The molecule has 1 saturated heterocycles. The molecule has 2 N–H and O–H groups in total. The Kier molecular flexibility index (Phi) is 2.89. The molecule has 2 rings (SSSR count). The Morgan fingerprint density at radius 1 is 1.57 bits per heavy atom. The second-order valence-electron chi connectivity index (χ2n) is 4.01. The van der Waals surface area contributed by atoms with Gasteiger partial charge in [0.05, 0.1) is 6.54 Å². The van der Waals surface area contributed by atoms with Gasteiger partial charge in [0.25, 0.3) is 0 Å². The maximum absolute atomic E-state index is 5.71. The lowest BCUT2D eigenvalue weighted by molar-refractivity contribution is 0.229. The van der Waals surface area contributed by atoms with Crippen molar-refractivity contribution in [3.8, 4) is 0 Å². The van der Waals surface area contributed by atoms with E-state index in [9.17, 15) is 0 Å². The molecule has 2 heterocycles. The van der Waals surface area contributed by atoms with E-state index < -0.39 is 0 Å². The SMILES string of the molecule is Cc1ccc(CN2CCC[C@@H]2CN)o1. The van der Waals surface area contributed by atoms with Crippen molar-refractivity contribution < 1.29 is 4.42 Å². The van der Waals surface area contributed by atoms with E-state index in [-0.39, 0.29) is 0 Å². The molecule has 1 aromatic heterocycles. The van der Waals surface area contributed by atoms with E-state index in [1.54, 1.807) is 0 Å². The Bertz CT molecular complexity index is 295. The van der Waals surface area contributed by atoms with Crippen LogP contribution in [0.25, 0.3) is 0 Å². The van der Waals surface area contributed by atoms with Gasteiger partial charge in [-0.2, -0.15) is 0 Å². The summed E-state index contributed by atoms with van der Waals surface area (Å²) in [5, 5.41) is 0. The number of furan rings is 1. The fourth-order valence-corrected chi connectivity index (χ4v) is 2.14. The highest BCUT2D eigenvalue weighted by molar-refractivity contribution is 5.06. The van der Waals surface area contributed by atoms with Crippen LogP contribution in [0.5, 0.6) is 0 Å². The first kappa shape index (κ1) is 9.74. The maximum Gasteiger partial charge on any atom is 0.118 e. The molecule has 1 atom stereocenters. The molecule has 0 spiro atoms. The monoisotopic (exact) mass is 194 g/mol. The first-order valence-electron chi connectivity index (χ1n) is 5.29. The number of nitrogens with two attached hydrogens (primary N) is 1. The van der Waals surface area contributed by atoms with E-state index in [0.717, 1.165) is 31.2 Å². The standard InChI is InChI=1S/C11H18N2O/c1-9-4-5-11(14-9)8-13-6-2-3-10(13)7-12/h4-5,10H,2-3,6-8,12H2,1H3/t10-/m1/s1. The zero-order chi connectivity index (χ0) is 9.97. The molecule has 3 heteroatoms. The third-order valence-electron chi connectivity index (χ3n) is 2.93. The molecule has 0 bridgehead atoms. The highest BCUT2D eigenvalue weighted by atomic mass is 16.3. The molecule has 0 saturated carbocycles. The summed E-state index contributed by atoms with van der Waals surface area (Å²) in [5.74, 6) is 2.05. The van der Waals surface area contributed by atoms with Crippen LogP contribution < -0.4 is 5.73 Å². The van der Waals surface area contributed by atoms with Crippen molar-refractivity contribution >= 4 is 0 Å². The normalized spacial score (nSPS) is 23.1. The number of likely N-dealkylation sites (tertiary alicyclic amines) is 1. The smallest absolute Gasteiger partial charge is 0.118 e. The van der Waals surface area contributed by atoms with E-state index in [1.807, 2.05) is 13.0 Å². The van der Waals surface area contributed by atoms with Crippen molar-refractivity contribution in [2.24, 2.45) is 5.73 Å². The van der Waals surface area contributed by atoms with Crippen LogP contribution in [0.4, 0.5) is 0 Å². The summed E-state index contributed by atoms with van der Waals surface area (Å²) in [6.07, 6.45) is 2.50. The molecule has 1 aliphatic heterocycles. The van der Waals surface area contributed by atoms with E-state index in [1.165, 1.54) is 12.8 Å². The Labute approximate surface area is 84.9 Å². The lowest BCUT2D eigenvalue weighted by Gasteiger charge is -2.21. The van der Waals surface area contributed by atoms with Crippen molar-refractivity contribution in [3.05, 3.63) is 23.7 Å². The van der Waals surface area contributed by atoms with Gasteiger partial charge in [0, 0.05) is 12.6 Å². The molecule has 14 heavy (non-hydrogen) atoms. The van der Waals surface area contributed by atoms with Gasteiger partial charge in [0.2, 0.25) is 0 Å². The number of hydrogen-bond donors (Lipinski definition) is 1. The Morgan fingerprint density at radius 2 is 2.43 bits per heavy atom. The van der Waals surface area contributed by atoms with Gasteiger partial charge in [-0.15, -0.1) is 0 Å². The van der Waals surface area contributed by atoms with Crippen LogP contribution in [-0.4, -0.2) is 24.0 Å². The second kappa shape index (κ2) is 4.15. The number of nitrogens with zero attached hydrogens (tertiary/aromatic N) is 1. The van der Waals surface area contributed by atoms with E-state index >= 15 is 0 Å². The molecule has 0 aliphatic carbocycles. The largest absolute Gasteiger partial charge is 0.465 e. The van der Waals surface area contributed by atoms with Gasteiger partial charge in [0.15, 0.2) is 0 Å². The molecule has 0 radical (unpaired) electrons. The van der Waals surface area contributed by atoms with Crippen LogP contribution in [-0.2, 0) is 6.54 Å². The highest BCUT2D eigenvalue weighted by Crippen LogP contribution is 2.19. The summed E-state index contributed by atoms with van der Waals surface area (Å²) in [6.45, 7) is 4.81. The first-order chi connectivity index (χ1) is 6.79. The van der Waals surface area contributed by atoms with E-state index in [2.05, 4.69) is 11.0 Å². The summed E-state index contributed by atoms with van der Waals surface area (Å²) < 4.78 is 5.56. The number of hydrogen-bond acceptors (Lipinski definition) is 3. The predicted octanol–water partition coefficient (Wildman–Crippen LogP) is 1.51. The van der Waals surface area contributed by atoms with Crippen LogP contribution in [0.3, 0.4) is 0 Å². The third kappa shape index (κ3) is 1.99. The van der Waals surface area contributed by atoms with E-state index in [0.29, 0.717) is 6.04 Å². The Morgan fingerprint density at radius 3 is 3.07 bits per heavy atom. The zero-order valence-electron chi connectivity index (χ0n) is 8.70. The minimum Gasteiger partial charge on any atom is -0.465 e. The molecule has 0 unspecified atom stereocenters. The lowest BCUT2D eigenvalue weighted by atomic mass is 10.2. The molecule has 78 valence electrons. The summed E-state index contributed by atoms with van der Waals surface area (Å²) in [4.78, 5) is 2.41. The first-order valence-corrected chi connectivity index (χ1v) is 5.29. The van der Waals surface area contributed by atoms with Crippen LogP contribution in [0, 0.1) is 6.92 Å². The lowest BCUT2D eigenvalue weighted by Crippen LogP contribution is -2.34. The molecule has 1 aromatic rings. The molecule has 0 aromatic carbocycles. The minimum atomic E-state index is 0.556. The molecule has 0 amide bonds. The van der Waals surface area contributed by atoms with Crippen LogP contribution >= 0.6 is 0 Å². The fourth-order valence-electron chi connectivity index (χ4n) is 2.14. The molecule has 1 aliphatic rings. The van der Waals surface area contributed by atoms with Gasteiger partial charge in [-0.25, -0.2) is 0 Å². The number of aryl methyl sites for hydroxylation is 1. The zero-order valence-corrected chi connectivity index (χ0v) is 8.70. The van der Waals surface area contributed by atoms with Gasteiger partial charge in [-0.1, -0.05) is 0 Å². The minimum absolute atomic E-state index is 0.556. The van der Waals surface area contributed by atoms with Crippen molar-refractivity contribution in [2.45, 2.75) is 32.4 Å². The fraction of sp³-hybridized carbons (Fsp3) is 0.636. The van der Waals surface area contributed by atoms with Crippen LogP contribution in [0.1, 0.15) is 24.4 Å². The Balaban J connectivity index is 1.96. The quantitative estimate of drug-likeness (QED) is 0.793. The van der Waals surface area contributed by atoms with Crippen LogP contribution in [0.15, 0.2) is 16.5 Å². The van der Waals surface area contributed by atoms with Crippen molar-refractivity contribution in [2.75, 3.05) is 13.1 Å². The predicted molar refractivity (Wildman–Crippen MR) is 55.9 cm³/mol. The molecular formula is C11H18N2O. The summed E-state index contributed by atoms with van der Waals surface area (Å²) in [7, 11) is 0. The van der Waals surface area contributed by atoms with Crippen molar-refractivity contribution in [1.29, 1.82) is 0 Å². The average molecular weight is 194 g/mol. The van der Waals surface area contributed by atoms with Gasteiger partial charge >= 0.3 is 0 Å². The third-order valence-corrected chi connectivity index (χ3v) is 2.93. The van der Waals surface area contributed by atoms with Gasteiger partial charge in [0.1, 0.15) is 11.5 Å². The summed E-state index contributed by atoms with van der Waals surface area (Å²) >= 11 is 0. The Hall–Kier alpha value is -0.800. The van der Waals surface area contributed by atoms with Gasteiger partial charge in [-0.05, 0) is 38.4 Å². The molecule has 3 nitrogen and oxygen atoms in total. The highest BCUT2D eigenvalue weighted by Gasteiger charge is 2.23. The van der Waals surface area contributed by atoms with Crippen LogP contribution in [0.2, 0.25) is 0 Å². The molecular weight excluding hydrogens is 176 g/mol. The van der Waals surface area contributed by atoms with E-state index in [4.69, 9.17) is 10.2 Å². The maximum atomic E-state index is 5.71. The van der Waals surface area contributed by atoms with Gasteiger partial charge in [-0.3, -0.25) is 4.90 Å². The van der Waals surface area contributed by atoms with Crippen molar-refractivity contribution in [3.63, 3.8) is 0 Å². The summed E-state index contributed by atoms with van der Waals surface area (Å²) in [6, 6.07) is 4.63. The number of rotatable bonds is 3. The summed E-state index contributed by atoms with van der Waals surface area (Å²) in [5.41, 5.74) is 5.71.